The number of aryl methyl sites for hydroxylation is 2. The van der Waals surface area contributed by atoms with E-state index in [1.54, 1.807) is 6.92 Å². The monoisotopic (exact) mass is 240 g/mol. The summed E-state index contributed by atoms with van der Waals surface area (Å²) < 4.78 is 0. The molecule has 88 valence electrons. The summed E-state index contributed by atoms with van der Waals surface area (Å²) in [5.74, 6) is -0.0669. The zero-order chi connectivity index (χ0) is 12.3. The molecule has 0 spiro atoms. The third-order valence-electron chi connectivity index (χ3n) is 2.03. The van der Waals surface area contributed by atoms with Gasteiger partial charge in [0.05, 0.1) is 11.4 Å². The van der Waals surface area contributed by atoms with Gasteiger partial charge in [-0.25, -0.2) is 9.97 Å². The van der Waals surface area contributed by atoms with Gasteiger partial charge in [-0.1, -0.05) is 11.8 Å². The highest BCUT2D eigenvalue weighted by molar-refractivity contribution is 8.00. The minimum Gasteiger partial charge on any atom is -0.392 e. The van der Waals surface area contributed by atoms with Crippen LogP contribution in [0.25, 0.3) is 0 Å². The first-order chi connectivity index (χ1) is 7.40. The van der Waals surface area contributed by atoms with Crippen LogP contribution in [0.4, 0.5) is 0 Å². The number of carbonyl (C=O) groups excluding carboxylic acids is 1. The van der Waals surface area contributed by atoms with Crippen molar-refractivity contribution in [3.05, 3.63) is 17.5 Å². The van der Waals surface area contributed by atoms with E-state index in [2.05, 4.69) is 9.97 Å². The van der Waals surface area contributed by atoms with E-state index in [1.807, 2.05) is 19.9 Å². The molecule has 1 N–H and O–H groups in total. The third-order valence-corrected chi connectivity index (χ3v) is 3.41. The summed E-state index contributed by atoms with van der Waals surface area (Å²) in [6, 6.07) is 1.87. The predicted molar refractivity (Wildman–Crippen MR) is 63.5 cm³/mol. The average molecular weight is 240 g/mol. The number of rotatable bonds is 4. The van der Waals surface area contributed by atoms with E-state index in [0.717, 1.165) is 11.4 Å². The number of thioether (sulfide) groups is 1. The molecular formula is C11H16N2O2S. The number of hydrogen-bond acceptors (Lipinski definition) is 5. The van der Waals surface area contributed by atoms with E-state index < -0.39 is 11.4 Å². The van der Waals surface area contributed by atoms with Crippen molar-refractivity contribution in [2.24, 2.45) is 0 Å². The summed E-state index contributed by atoms with van der Waals surface area (Å²) in [5, 5.41) is 9.53. The van der Waals surface area contributed by atoms with Gasteiger partial charge in [0, 0.05) is 11.4 Å². The lowest BCUT2D eigenvalue weighted by Crippen LogP contribution is -2.27. The van der Waals surface area contributed by atoms with Crippen molar-refractivity contribution in [1.82, 2.24) is 9.97 Å². The number of Topliss-reactive ketones (excluding diaryl/α,β-unsaturated/α-hetero) is 1. The molecule has 0 aliphatic heterocycles. The second kappa shape index (κ2) is 5.41. The molecule has 0 aliphatic rings. The van der Waals surface area contributed by atoms with Crippen LogP contribution in [0.1, 0.15) is 25.2 Å². The smallest absolute Gasteiger partial charge is 0.188 e. The van der Waals surface area contributed by atoms with Gasteiger partial charge in [0.25, 0.3) is 0 Å². The van der Waals surface area contributed by atoms with Crippen LogP contribution in [0.5, 0.6) is 0 Å². The molecule has 1 rings (SSSR count). The van der Waals surface area contributed by atoms with Crippen molar-refractivity contribution in [1.29, 1.82) is 0 Å². The number of aromatic nitrogens is 2. The summed E-state index contributed by atoms with van der Waals surface area (Å²) in [6.45, 7) is 6.82. The highest BCUT2D eigenvalue weighted by Crippen LogP contribution is 2.23. The van der Waals surface area contributed by atoms with Crippen LogP contribution in [0.15, 0.2) is 11.2 Å². The molecule has 0 unspecified atom stereocenters. The number of hydrogen-bond donors (Lipinski definition) is 1. The van der Waals surface area contributed by atoms with Gasteiger partial charge in [-0.05, 0) is 33.8 Å². The Hall–Kier alpha value is -0.940. The molecule has 0 aromatic carbocycles. The molecule has 2 atom stereocenters. The normalized spacial score (nSPS) is 14.6. The van der Waals surface area contributed by atoms with Gasteiger partial charge < -0.3 is 5.11 Å². The van der Waals surface area contributed by atoms with Crippen LogP contribution in [-0.2, 0) is 4.79 Å². The molecule has 16 heavy (non-hydrogen) atoms. The standard InChI is InChI=1S/C11H16N2O2S/c1-6-5-7(2)13-11(12-6)16-10(8(3)14)9(4)15/h5,8,10,14H,1-4H3/t8-,10-/m0/s1. The summed E-state index contributed by atoms with van der Waals surface area (Å²) in [5.41, 5.74) is 1.73. The van der Waals surface area contributed by atoms with Crippen molar-refractivity contribution < 1.29 is 9.90 Å². The van der Waals surface area contributed by atoms with Gasteiger partial charge in [0.15, 0.2) is 5.16 Å². The van der Waals surface area contributed by atoms with Crippen molar-refractivity contribution in [3.63, 3.8) is 0 Å². The molecule has 0 saturated carbocycles. The molecule has 0 saturated heterocycles. The van der Waals surface area contributed by atoms with E-state index in [-0.39, 0.29) is 5.78 Å². The molecule has 4 nitrogen and oxygen atoms in total. The Labute approximate surface area is 99.5 Å². The molecule has 5 heteroatoms. The highest BCUT2D eigenvalue weighted by atomic mass is 32.2. The zero-order valence-electron chi connectivity index (χ0n) is 9.89. The van der Waals surface area contributed by atoms with E-state index in [0.29, 0.717) is 5.16 Å². The van der Waals surface area contributed by atoms with Crippen molar-refractivity contribution in [2.75, 3.05) is 0 Å². The average Bonchev–Trinajstić information content (AvgIpc) is 2.11. The van der Waals surface area contributed by atoms with Crippen LogP contribution in [0, 0.1) is 13.8 Å². The fourth-order valence-electron chi connectivity index (χ4n) is 1.38. The van der Waals surface area contributed by atoms with E-state index in [1.165, 1.54) is 18.7 Å². The van der Waals surface area contributed by atoms with Crippen molar-refractivity contribution in [3.8, 4) is 0 Å². The minimum absolute atomic E-state index is 0.0669. The Morgan fingerprint density at radius 2 is 1.88 bits per heavy atom. The van der Waals surface area contributed by atoms with Crippen molar-refractivity contribution >= 4 is 17.5 Å². The largest absolute Gasteiger partial charge is 0.392 e. The first kappa shape index (κ1) is 13.1. The van der Waals surface area contributed by atoms with E-state index >= 15 is 0 Å². The molecule has 1 aromatic heterocycles. The van der Waals surface area contributed by atoms with Gasteiger partial charge in [-0.3, -0.25) is 4.79 Å². The number of carbonyl (C=O) groups is 1. The van der Waals surface area contributed by atoms with Crippen LogP contribution in [0.2, 0.25) is 0 Å². The third kappa shape index (κ3) is 3.57. The first-order valence-corrected chi connectivity index (χ1v) is 5.95. The first-order valence-electron chi connectivity index (χ1n) is 5.07. The molecular weight excluding hydrogens is 224 g/mol. The lowest BCUT2D eigenvalue weighted by atomic mass is 10.2. The lowest BCUT2D eigenvalue weighted by Gasteiger charge is -2.15. The number of aliphatic hydroxyl groups is 1. The Bertz CT molecular complexity index is 373. The summed E-state index contributed by atoms with van der Waals surface area (Å²) >= 11 is 1.21. The van der Waals surface area contributed by atoms with Gasteiger partial charge in [0.1, 0.15) is 5.78 Å². The SMILES string of the molecule is CC(=O)[C@@H](Sc1nc(C)cc(C)n1)[C@H](C)O. The van der Waals surface area contributed by atoms with E-state index in [4.69, 9.17) is 0 Å². The summed E-state index contributed by atoms with van der Waals surface area (Å²) in [6.07, 6.45) is -0.702. The number of nitrogens with zero attached hydrogens (tertiary/aromatic N) is 2. The van der Waals surface area contributed by atoms with Crippen molar-refractivity contribution in [2.45, 2.75) is 44.2 Å². The molecule has 0 fully saturated rings. The molecule has 1 heterocycles. The molecule has 1 aromatic rings. The number of aliphatic hydroxyl groups excluding tert-OH is 1. The Kier molecular flexibility index (Phi) is 4.44. The van der Waals surface area contributed by atoms with Crippen LogP contribution in [0.3, 0.4) is 0 Å². The maximum absolute atomic E-state index is 11.3. The van der Waals surface area contributed by atoms with Gasteiger partial charge >= 0.3 is 0 Å². The summed E-state index contributed by atoms with van der Waals surface area (Å²) in [7, 11) is 0. The molecule has 0 radical (unpaired) electrons. The van der Waals surface area contributed by atoms with Crippen LogP contribution < -0.4 is 0 Å². The minimum atomic E-state index is -0.702. The van der Waals surface area contributed by atoms with Gasteiger partial charge in [0.2, 0.25) is 0 Å². The Balaban J connectivity index is 2.89. The molecule has 0 aliphatic carbocycles. The quantitative estimate of drug-likeness (QED) is 0.638. The van der Waals surface area contributed by atoms with Crippen LogP contribution in [-0.4, -0.2) is 32.2 Å². The Morgan fingerprint density at radius 1 is 1.38 bits per heavy atom. The maximum Gasteiger partial charge on any atom is 0.188 e. The molecule has 0 bridgehead atoms. The Morgan fingerprint density at radius 3 is 2.25 bits per heavy atom. The lowest BCUT2D eigenvalue weighted by molar-refractivity contribution is -0.118. The highest BCUT2D eigenvalue weighted by Gasteiger charge is 2.22. The predicted octanol–water partition coefficient (Wildman–Crippen LogP) is 1.52. The topological polar surface area (TPSA) is 63.1 Å². The van der Waals surface area contributed by atoms with Crippen LogP contribution >= 0.6 is 11.8 Å². The maximum atomic E-state index is 11.3. The van der Waals surface area contributed by atoms with Gasteiger partial charge in [-0.15, -0.1) is 0 Å². The summed E-state index contributed by atoms with van der Waals surface area (Å²) in [4.78, 5) is 19.8. The van der Waals surface area contributed by atoms with E-state index in [9.17, 15) is 9.90 Å². The zero-order valence-corrected chi connectivity index (χ0v) is 10.7. The second-order valence-corrected chi connectivity index (χ2v) is 4.93. The van der Waals surface area contributed by atoms with Gasteiger partial charge in [-0.2, -0.15) is 0 Å². The number of ketones is 1. The fraction of sp³-hybridized carbons (Fsp3) is 0.545. The molecule has 0 amide bonds. The second-order valence-electron chi connectivity index (χ2n) is 3.82. The fourth-order valence-corrected chi connectivity index (χ4v) is 2.36.